The Balaban J connectivity index is 1.46. The van der Waals surface area contributed by atoms with Gasteiger partial charge in [0.25, 0.3) is 5.91 Å². The highest BCUT2D eigenvalue weighted by atomic mass is 32.2. The maximum atomic E-state index is 13.2. The maximum Gasteiger partial charge on any atom is 0.251 e. The molecule has 0 radical (unpaired) electrons. The van der Waals surface area contributed by atoms with E-state index in [9.17, 15) is 22.4 Å². The molecule has 1 saturated carbocycles. The van der Waals surface area contributed by atoms with Crippen molar-refractivity contribution in [2.75, 3.05) is 5.32 Å². The summed E-state index contributed by atoms with van der Waals surface area (Å²) in [5.41, 5.74) is 1.47. The minimum absolute atomic E-state index is 0.0437. The zero-order chi connectivity index (χ0) is 25.5. The quantitative estimate of drug-likeness (QED) is 0.405. The summed E-state index contributed by atoms with van der Waals surface area (Å²) in [7, 11) is -3.64. The second-order valence-electron chi connectivity index (χ2n) is 8.84. The molecule has 36 heavy (non-hydrogen) atoms. The van der Waals surface area contributed by atoms with E-state index in [1.54, 1.807) is 0 Å². The van der Waals surface area contributed by atoms with Gasteiger partial charge in [0.2, 0.25) is 15.9 Å². The number of halogens is 1. The normalized spacial score (nSPS) is 14.8. The van der Waals surface area contributed by atoms with Gasteiger partial charge in [0.1, 0.15) is 11.9 Å². The van der Waals surface area contributed by atoms with Crippen molar-refractivity contribution in [3.63, 3.8) is 0 Å². The molecule has 1 atom stereocenters. The van der Waals surface area contributed by atoms with Gasteiger partial charge >= 0.3 is 0 Å². The van der Waals surface area contributed by atoms with Crippen LogP contribution >= 0.6 is 0 Å². The van der Waals surface area contributed by atoms with Crippen molar-refractivity contribution in [1.82, 2.24) is 10.0 Å². The minimum atomic E-state index is -3.64. The molecule has 7 nitrogen and oxygen atoms in total. The third-order valence-electron chi connectivity index (χ3n) is 6.12. The van der Waals surface area contributed by atoms with Crippen LogP contribution in [0.5, 0.6) is 0 Å². The average Bonchev–Trinajstić information content (AvgIpc) is 3.37. The SMILES string of the molecule is O=C(NC(Cc1ccccc1)C(=O)Nc1ccc(S(=O)(=O)NC2CCCC2)cc1)c1ccc(F)cc1. The van der Waals surface area contributed by atoms with Crippen LogP contribution in [0.1, 0.15) is 41.6 Å². The van der Waals surface area contributed by atoms with Crippen LogP contribution in [0.3, 0.4) is 0 Å². The Hall–Kier alpha value is -3.56. The summed E-state index contributed by atoms with van der Waals surface area (Å²) in [5, 5.41) is 5.47. The van der Waals surface area contributed by atoms with Gasteiger partial charge in [-0.05, 0) is 66.9 Å². The van der Waals surface area contributed by atoms with Crippen molar-refractivity contribution >= 4 is 27.5 Å². The van der Waals surface area contributed by atoms with Crippen LogP contribution in [-0.4, -0.2) is 32.3 Å². The lowest BCUT2D eigenvalue weighted by molar-refractivity contribution is -0.118. The summed E-state index contributed by atoms with van der Waals surface area (Å²) in [4.78, 5) is 26.0. The Morgan fingerprint density at radius 1 is 0.889 bits per heavy atom. The van der Waals surface area contributed by atoms with E-state index >= 15 is 0 Å². The van der Waals surface area contributed by atoms with Gasteiger partial charge in [-0.25, -0.2) is 17.5 Å². The molecule has 3 N–H and O–H groups in total. The molecule has 0 saturated heterocycles. The third-order valence-corrected chi connectivity index (χ3v) is 7.66. The van der Waals surface area contributed by atoms with E-state index < -0.39 is 33.7 Å². The van der Waals surface area contributed by atoms with Crippen LogP contribution in [0.25, 0.3) is 0 Å². The van der Waals surface area contributed by atoms with Gasteiger partial charge in [0.05, 0.1) is 4.90 Å². The fourth-order valence-electron chi connectivity index (χ4n) is 4.18. The molecule has 1 aliphatic rings. The molecule has 0 heterocycles. The van der Waals surface area contributed by atoms with E-state index in [4.69, 9.17) is 0 Å². The largest absolute Gasteiger partial charge is 0.340 e. The first-order valence-electron chi connectivity index (χ1n) is 11.8. The van der Waals surface area contributed by atoms with Crippen molar-refractivity contribution in [3.05, 3.63) is 95.8 Å². The van der Waals surface area contributed by atoms with E-state index in [1.165, 1.54) is 48.5 Å². The maximum absolute atomic E-state index is 13.2. The molecular formula is C27H28FN3O4S. The molecule has 1 unspecified atom stereocenters. The summed E-state index contributed by atoms with van der Waals surface area (Å²) in [6, 6.07) is 19.2. The Kier molecular flexibility index (Phi) is 8.12. The molecule has 3 aromatic rings. The zero-order valence-electron chi connectivity index (χ0n) is 19.6. The minimum Gasteiger partial charge on any atom is -0.340 e. The summed E-state index contributed by atoms with van der Waals surface area (Å²) in [6.45, 7) is 0. The highest BCUT2D eigenvalue weighted by molar-refractivity contribution is 7.89. The van der Waals surface area contributed by atoms with Crippen molar-refractivity contribution < 1.29 is 22.4 Å². The molecule has 1 aliphatic carbocycles. The molecule has 0 spiro atoms. The molecule has 0 aliphatic heterocycles. The third kappa shape index (κ3) is 6.77. The smallest absolute Gasteiger partial charge is 0.251 e. The lowest BCUT2D eigenvalue weighted by Crippen LogP contribution is -2.45. The first kappa shape index (κ1) is 25.5. The highest BCUT2D eigenvalue weighted by Crippen LogP contribution is 2.21. The molecule has 0 bridgehead atoms. The van der Waals surface area contributed by atoms with Crippen molar-refractivity contribution in [2.45, 2.75) is 49.1 Å². The van der Waals surface area contributed by atoms with Gasteiger partial charge in [-0.15, -0.1) is 0 Å². The van der Waals surface area contributed by atoms with Crippen LogP contribution in [-0.2, 0) is 21.2 Å². The number of amides is 2. The summed E-state index contributed by atoms with van der Waals surface area (Å²) < 4.78 is 41.2. The van der Waals surface area contributed by atoms with Crippen LogP contribution in [0.15, 0.2) is 83.8 Å². The number of carbonyl (C=O) groups excluding carboxylic acids is 2. The molecule has 2 amide bonds. The van der Waals surface area contributed by atoms with Crippen LogP contribution in [0, 0.1) is 5.82 Å². The van der Waals surface area contributed by atoms with Crippen molar-refractivity contribution in [1.29, 1.82) is 0 Å². The summed E-state index contributed by atoms with van der Waals surface area (Å²) in [6.07, 6.45) is 3.93. The number of nitrogens with one attached hydrogen (secondary N) is 3. The van der Waals surface area contributed by atoms with E-state index in [0.717, 1.165) is 31.2 Å². The van der Waals surface area contributed by atoms with Crippen molar-refractivity contribution in [2.24, 2.45) is 0 Å². The molecule has 1 fully saturated rings. The van der Waals surface area contributed by atoms with E-state index in [2.05, 4.69) is 15.4 Å². The Morgan fingerprint density at radius 2 is 1.53 bits per heavy atom. The number of rotatable bonds is 9. The van der Waals surface area contributed by atoms with E-state index in [-0.39, 0.29) is 22.9 Å². The number of hydrogen-bond donors (Lipinski definition) is 3. The highest BCUT2D eigenvalue weighted by Gasteiger charge is 2.24. The first-order chi connectivity index (χ1) is 17.3. The van der Waals surface area contributed by atoms with E-state index in [1.807, 2.05) is 30.3 Å². The second kappa shape index (κ2) is 11.5. The molecule has 188 valence electrons. The average molecular weight is 510 g/mol. The fraction of sp³-hybridized carbons (Fsp3) is 0.259. The lowest BCUT2D eigenvalue weighted by Gasteiger charge is -2.19. The number of hydrogen-bond acceptors (Lipinski definition) is 4. The fourth-order valence-corrected chi connectivity index (χ4v) is 5.48. The van der Waals surface area contributed by atoms with Gasteiger partial charge in [0, 0.05) is 23.7 Å². The molecular weight excluding hydrogens is 481 g/mol. The molecule has 3 aromatic carbocycles. The van der Waals surface area contributed by atoms with Gasteiger partial charge < -0.3 is 10.6 Å². The first-order valence-corrected chi connectivity index (χ1v) is 13.3. The zero-order valence-corrected chi connectivity index (χ0v) is 20.4. The molecule has 0 aromatic heterocycles. The van der Waals surface area contributed by atoms with E-state index in [0.29, 0.717) is 5.69 Å². The number of carbonyl (C=O) groups is 2. The van der Waals surface area contributed by atoms with Crippen LogP contribution < -0.4 is 15.4 Å². The van der Waals surface area contributed by atoms with Gasteiger partial charge in [-0.3, -0.25) is 9.59 Å². The molecule has 4 rings (SSSR count). The number of benzene rings is 3. The monoisotopic (exact) mass is 509 g/mol. The number of anilines is 1. The predicted octanol–water partition coefficient (Wildman–Crippen LogP) is 4.03. The standard InChI is InChI=1S/C27H28FN3O4S/c28-21-12-10-20(11-13-21)26(32)30-25(18-19-6-2-1-3-7-19)27(33)29-22-14-16-24(17-15-22)36(34,35)31-23-8-4-5-9-23/h1-3,6-7,10-17,23,25,31H,4-5,8-9,18H2,(H,29,33)(H,30,32). The molecule has 9 heteroatoms. The topological polar surface area (TPSA) is 104 Å². The number of sulfonamides is 1. The second-order valence-corrected chi connectivity index (χ2v) is 10.6. The lowest BCUT2D eigenvalue weighted by atomic mass is 10.0. The van der Waals surface area contributed by atoms with Crippen LogP contribution in [0.4, 0.5) is 10.1 Å². The summed E-state index contributed by atoms with van der Waals surface area (Å²) >= 11 is 0. The predicted molar refractivity (Wildman–Crippen MR) is 135 cm³/mol. The van der Waals surface area contributed by atoms with Gasteiger partial charge in [-0.1, -0.05) is 43.2 Å². The Morgan fingerprint density at radius 3 is 2.17 bits per heavy atom. The Bertz CT molecular complexity index is 1290. The summed E-state index contributed by atoms with van der Waals surface area (Å²) in [5.74, 6) is -1.44. The Labute approximate surface area is 210 Å². The van der Waals surface area contributed by atoms with Gasteiger partial charge in [-0.2, -0.15) is 0 Å². The van der Waals surface area contributed by atoms with Crippen molar-refractivity contribution in [3.8, 4) is 0 Å². The van der Waals surface area contributed by atoms with Crippen LogP contribution in [0.2, 0.25) is 0 Å². The van der Waals surface area contributed by atoms with Gasteiger partial charge in [0.15, 0.2) is 0 Å².